The highest BCUT2D eigenvalue weighted by molar-refractivity contribution is 5.97. The number of amides is 1. The molecule has 3 N–H and O–H groups in total. The van der Waals surface area contributed by atoms with E-state index >= 15 is 0 Å². The maximum atomic E-state index is 11.9. The second-order valence-electron chi connectivity index (χ2n) is 5.07. The van der Waals surface area contributed by atoms with Gasteiger partial charge in [-0.15, -0.1) is 0 Å². The van der Waals surface area contributed by atoms with Crippen molar-refractivity contribution in [3.8, 4) is 0 Å². The number of anilines is 1. The molecule has 19 heavy (non-hydrogen) atoms. The van der Waals surface area contributed by atoms with Gasteiger partial charge < -0.3 is 15.7 Å². The lowest BCUT2D eigenvalue weighted by atomic mass is 10.1. The van der Waals surface area contributed by atoms with Crippen molar-refractivity contribution in [1.82, 2.24) is 5.32 Å². The molecule has 0 aliphatic rings. The lowest BCUT2D eigenvalue weighted by molar-refractivity contribution is 0.0944. The van der Waals surface area contributed by atoms with Crippen LogP contribution in [0.5, 0.6) is 0 Å². The first-order valence-electron chi connectivity index (χ1n) is 6.78. The molecule has 4 heteroatoms. The quantitative estimate of drug-likeness (QED) is 0.707. The lowest BCUT2D eigenvalue weighted by Gasteiger charge is -2.14. The van der Waals surface area contributed by atoms with Crippen LogP contribution >= 0.6 is 0 Å². The number of aliphatic hydroxyl groups excluding tert-OH is 1. The largest absolute Gasteiger partial charge is 0.395 e. The Balaban J connectivity index is 2.71. The smallest absolute Gasteiger partial charge is 0.251 e. The summed E-state index contributed by atoms with van der Waals surface area (Å²) in [6.07, 6.45) is 1.10. The molecule has 4 nitrogen and oxygen atoms in total. The number of hydrogen-bond acceptors (Lipinski definition) is 3. The van der Waals surface area contributed by atoms with E-state index in [1.807, 2.05) is 19.1 Å². The average Bonchev–Trinajstić information content (AvgIpc) is 2.37. The summed E-state index contributed by atoms with van der Waals surface area (Å²) >= 11 is 0. The zero-order valence-electron chi connectivity index (χ0n) is 12.0. The Labute approximate surface area is 115 Å². The van der Waals surface area contributed by atoms with Gasteiger partial charge in [-0.1, -0.05) is 19.9 Å². The second-order valence-corrected chi connectivity index (χ2v) is 5.07. The third-order valence-corrected chi connectivity index (χ3v) is 3.01. The van der Waals surface area contributed by atoms with Crippen LogP contribution in [0.4, 0.5) is 5.69 Å². The molecule has 0 fully saturated rings. The first-order chi connectivity index (χ1) is 9.06. The van der Waals surface area contributed by atoms with Gasteiger partial charge in [-0.25, -0.2) is 0 Å². The van der Waals surface area contributed by atoms with Gasteiger partial charge in [0.2, 0.25) is 0 Å². The van der Waals surface area contributed by atoms with Crippen LogP contribution < -0.4 is 10.6 Å². The molecule has 0 radical (unpaired) electrons. The highest BCUT2D eigenvalue weighted by Crippen LogP contribution is 2.19. The zero-order valence-corrected chi connectivity index (χ0v) is 12.0. The third kappa shape index (κ3) is 4.91. The van der Waals surface area contributed by atoms with E-state index in [4.69, 9.17) is 5.11 Å². The fourth-order valence-corrected chi connectivity index (χ4v) is 1.83. The van der Waals surface area contributed by atoms with Crippen molar-refractivity contribution >= 4 is 11.6 Å². The van der Waals surface area contributed by atoms with Crippen molar-refractivity contribution in [3.63, 3.8) is 0 Å². The molecule has 0 unspecified atom stereocenters. The normalized spacial score (nSPS) is 10.6. The molecule has 1 aromatic rings. The van der Waals surface area contributed by atoms with Gasteiger partial charge in [-0.05, 0) is 37.0 Å². The van der Waals surface area contributed by atoms with Crippen LogP contribution in [0.25, 0.3) is 0 Å². The Hall–Kier alpha value is -1.55. The summed E-state index contributed by atoms with van der Waals surface area (Å²) in [6, 6.07) is 5.66. The van der Waals surface area contributed by atoms with Gasteiger partial charge in [-0.3, -0.25) is 4.79 Å². The van der Waals surface area contributed by atoms with E-state index < -0.39 is 0 Å². The molecule has 0 saturated carbocycles. The van der Waals surface area contributed by atoms with Crippen molar-refractivity contribution in [1.29, 1.82) is 0 Å². The van der Waals surface area contributed by atoms with Gasteiger partial charge in [0.15, 0.2) is 0 Å². The Morgan fingerprint density at radius 3 is 2.68 bits per heavy atom. The van der Waals surface area contributed by atoms with Gasteiger partial charge in [0.25, 0.3) is 5.91 Å². The zero-order chi connectivity index (χ0) is 14.3. The van der Waals surface area contributed by atoms with Gasteiger partial charge in [-0.2, -0.15) is 0 Å². The summed E-state index contributed by atoms with van der Waals surface area (Å²) in [7, 11) is 0. The lowest BCUT2D eigenvalue weighted by Crippen LogP contribution is -2.27. The van der Waals surface area contributed by atoms with Gasteiger partial charge in [0.05, 0.1) is 6.61 Å². The minimum Gasteiger partial charge on any atom is -0.395 e. The van der Waals surface area contributed by atoms with Crippen LogP contribution in [0.3, 0.4) is 0 Å². The topological polar surface area (TPSA) is 61.4 Å². The van der Waals surface area contributed by atoms with E-state index in [0.717, 1.165) is 24.2 Å². The fraction of sp³-hybridized carbons (Fsp3) is 0.533. The monoisotopic (exact) mass is 264 g/mol. The summed E-state index contributed by atoms with van der Waals surface area (Å²) in [5.41, 5.74) is 2.60. The standard InChI is InChI=1S/C15H24N2O2/c1-11(2)7-8-16-14-6-4-5-13(12(14)3)15(19)17-9-10-18/h4-6,11,16,18H,7-10H2,1-3H3,(H,17,19). The van der Waals surface area contributed by atoms with E-state index in [1.54, 1.807) is 6.07 Å². The number of rotatable bonds is 7. The molecule has 0 bridgehead atoms. The Bertz CT molecular complexity index is 417. The number of carbonyl (C=O) groups is 1. The maximum Gasteiger partial charge on any atom is 0.251 e. The minimum absolute atomic E-state index is 0.0445. The molecule has 0 saturated heterocycles. The molecule has 0 aromatic heterocycles. The second kappa shape index (κ2) is 7.79. The third-order valence-electron chi connectivity index (χ3n) is 3.01. The summed E-state index contributed by atoms with van der Waals surface area (Å²) in [5.74, 6) is 0.517. The Morgan fingerprint density at radius 1 is 1.32 bits per heavy atom. The molecule has 0 spiro atoms. The van der Waals surface area contributed by atoms with E-state index in [1.165, 1.54) is 0 Å². The molecule has 1 amide bonds. The van der Waals surface area contributed by atoms with Gasteiger partial charge >= 0.3 is 0 Å². The van der Waals surface area contributed by atoms with Crippen LogP contribution in [0.1, 0.15) is 36.2 Å². The number of benzene rings is 1. The summed E-state index contributed by atoms with van der Waals surface area (Å²) in [4.78, 5) is 11.9. The van der Waals surface area contributed by atoms with Crippen LogP contribution in [-0.4, -0.2) is 30.7 Å². The van der Waals surface area contributed by atoms with Crippen LogP contribution in [0.15, 0.2) is 18.2 Å². The molecule has 1 rings (SSSR count). The highest BCUT2D eigenvalue weighted by atomic mass is 16.3. The van der Waals surface area contributed by atoms with Crippen LogP contribution in [-0.2, 0) is 0 Å². The average molecular weight is 264 g/mol. The Morgan fingerprint density at radius 2 is 2.05 bits per heavy atom. The number of aliphatic hydroxyl groups is 1. The molecule has 0 heterocycles. The number of carbonyl (C=O) groups excluding carboxylic acids is 1. The van der Waals surface area contributed by atoms with Crippen LogP contribution in [0.2, 0.25) is 0 Å². The number of hydrogen-bond donors (Lipinski definition) is 3. The molecule has 1 aromatic carbocycles. The van der Waals surface area contributed by atoms with E-state index in [-0.39, 0.29) is 19.1 Å². The van der Waals surface area contributed by atoms with Crippen molar-refractivity contribution in [2.75, 3.05) is 25.0 Å². The van der Waals surface area contributed by atoms with E-state index in [9.17, 15) is 4.79 Å². The van der Waals surface area contributed by atoms with Crippen molar-refractivity contribution in [2.24, 2.45) is 5.92 Å². The van der Waals surface area contributed by atoms with E-state index in [0.29, 0.717) is 11.5 Å². The molecule has 0 aliphatic heterocycles. The van der Waals surface area contributed by atoms with Crippen LogP contribution in [0, 0.1) is 12.8 Å². The fourth-order valence-electron chi connectivity index (χ4n) is 1.83. The van der Waals surface area contributed by atoms with Crippen molar-refractivity contribution in [2.45, 2.75) is 27.2 Å². The predicted molar refractivity (Wildman–Crippen MR) is 78.5 cm³/mol. The van der Waals surface area contributed by atoms with Crippen molar-refractivity contribution < 1.29 is 9.90 Å². The van der Waals surface area contributed by atoms with E-state index in [2.05, 4.69) is 24.5 Å². The molecule has 0 aliphatic carbocycles. The summed E-state index contributed by atoms with van der Waals surface area (Å²) in [6.45, 7) is 7.45. The van der Waals surface area contributed by atoms with Gasteiger partial charge in [0, 0.05) is 24.3 Å². The molecule has 0 atom stereocenters. The minimum atomic E-state index is -0.140. The first kappa shape index (κ1) is 15.5. The summed E-state index contributed by atoms with van der Waals surface area (Å²) in [5, 5.41) is 14.8. The van der Waals surface area contributed by atoms with Crippen molar-refractivity contribution in [3.05, 3.63) is 29.3 Å². The highest BCUT2D eigenvalue weighted by Gasteiger charge is 2.10. The Kier molecular flexibility index (Phi) is 6.36. The maximum absolute atomic E-state index is 11.9. The first-order valence-corrected chi connectivity index (χ1v) is 6.78. The molecular weight excluding hydrogens is 240 g/mol. The number of nitrogens with one attached hydrogen (secondary N) is 2. The molecular formula is C15H24N2O2. The summed E-state index contributed by atoms with van der Waals surface area (Å²) < 4.78 is 0. The SMILES string of the molecule is Cc1c(NCCC(C)C)cccc1C(=O)NCCO. The predicted octanol–water partition coefficient (Wildman–Crippen LogP) is 2.18. The molecule has 106 valence electrons. The van der Waals surface area contributed by atoms with Gasteiger partial charge in [0.1, 0.15) is 0 Å².